The normalized spacial score (nSPS) is 15.6. The second-order valence-corrected chi connectivity index (χ2v) is 8.64. The molecular weight excluding hydrogens is 396 g/mol. The maximum absolute atomic E-state index is 12.9. The highest BCUT2D eigenvalue weighted by molar-refractivity contribution is 7.89. The van der Waals surface area contributed by atoms with Gasteiger partial charge in [0.25, 0.3) is 0 Å². The summed E-state index contributed by atoms with van der Waals surface area (Å²) in [4.78, 5) is 13.4. The quantitative estimate of drug-likeness (QED) is 0.682. The zero-order valence-corrected chi connectivity index (χ0v) is 16.6. The second kappa shape index (κ2) is 7.41. The van der Waals surface area contributed by atoms with Crippen LogP contribution < -0.4 is 9.64 Å². The maximum Gasteiger partial charge on any atom is 0.371 e. The maximum atomic E-state index is 12.9. The van der Waals surface area contributed by atoms with Crippen LogP contribution in [0.25, 0.3) is 11.0 Å². The Bertz CT molecular complexity index is 1150. The molecule has 1 saturated heterocycles. The van der Waals surface area contributed by atoms with E-state index < -0.39 is 16.0 Å². The molecule has 2 heterocycles. The van der Waals surface area contributed by atoms with Crippen LogP contribution in [0.15, 0.2) is 57.8 Å². The Kier molecular flexibility index (Phi) is 4.93. The predicted molar refractivity (Wildman–Crippen MR) is 107 cm³/mol. The fourth-order valence-electron chi connectivity index (χ4n) is 3.42. The van der Waals surface area contributed by atoms with Gasteiger partial charge in [-0.25, -0.2) is 13.2 Å². The number of sulfonamides is 1. The van der Waals surface area contributed by atoms with E-state index in [0.717, 1.165) is 5.69 Å². The van der Waals surface area contributed by atoms with Crippen LogP contribution in [0.1, 0.15) is 10.6 Å². The average Bonchev–Trinajstić information content (AvgIpc) is 3.18. The topological polar surface area (TPSA) is 100 Å². The lowest BCUT2D eigenvalue weighted by Crippen LogP contribution is -2.48. The highest BCUT2D eigenvalue weighted by Gasteiger charge is 2.28. The Hall–Kier alpha value is -3.04. The lowest BCUT2D eigenvalue weighted by Gasteiger charge is -2.35. The van der Waals surface area contributed by atoms with Crippen LogP contribution in [-0.2, 0) is 10.0 Å². The van der Waals surface area contributed by atoms with Gasteiger partial charge in [0.1, 0.15) is 11.3 Å². The Morgan fingerprint density at radius 1 is 1.03 bits per heavy atom. The molecule has 0 unspecified atom stereocenters. The van der Waals surface area contributed by atoms with Crippen LogP contribution in [0, 0.1) is 0 Å². The minimum absolute atomic E-state index is 0.104. The summed E-state index contributed by atoms with van der Waals surface area (Å²) >= 11 is 0. The van der Waals surface area contributed by atoms with E-state index >= 15 is 0 Å². The Morgan fingerprint density at radius 2 is 1.72 bits per heavy atom. The van der Waals surface area contributed by atoms with Gasteiger partial charge in [-0.05, 0) is 48.5 Å². The number of nitrogens with zero attached hydrogens (tertiary/aromatic N) is 2. The first-order valence-corrected chi connectivity index (χ1v) is 10.5. The van der Waals surface area contributed by atoms with E-state index in [1.54, 1.807) is 30.3 Å². The molecule has 0 radical (unpaired) electrons. The second-order valence-electron chi connectivity index (χ2n) is 6.70. The number of hydrogen-bond acceptors (Lipinski definition) is 6. The molecule has 0 atom stereocenters. The smallest absolute Gasteiger partial charge is 0.371 e. The Balaban J connectivity index is 1.48. The van der Waals surface area contributed by atoms with Crippen LogP contribution in [0.3, 0.4) is 0 Å². The molecule has 29 heavy (non-hydrogen) atoms. The number of rotatable bonds is 5. The fourth-order valence-corrected chi connectivity index (χ4v) is 4.84. The monoisotopic (exact) mass is 416 g/mol. The number of ether oxygens (including phenoxy) is 1. The van der Waals surface area contributed by atoms with E-state index in [1.807, 2.05) is 12.1 Å². The van der Waals surface area contributed by atoms with Crippen molar-refractivity contribution in [2.24, 2.45) is 0 Å². The number of carboxylic acid groups (broad SMARTS) is 1. The number of piperazine rings is 1. The number of anilines is 1. The van der Waals surface area contributed by atoms with Gasteiger partial charge in [0.05, 0.1) is 12.0 Å². The summed E-state index contributed by atoms with van der Waals surface area (Å²) in [5, 5.41) is 9.76. The number of furan rings is 1. The number of methoxy groups -OCH3 is 1. The van der Waals surface area contributed by atoms with Crippen LogP contribution in [0.5, 0.6) is 5.75 Å². The van der Waals surface area contributed by atoms with Crippen LogP contribution in [-0.4, -0.2) is 57.1 Å². The lowest BCUT2D eigenvalue weighted by atomic mass is 10.2. The van der Waals surface area contributed by atoms with Gasteiger partial charge in [-0.3, -0.25) is 0 Å². The third-order valence-electron chi connectivity index (χ3n) is 5.01. The molecule has 1 fully saturated rings. The van der Waals surface area contributed by atoms with Crippen molar-refractivity contribution in [2.75, 3.05) is 38.2 Å². The van der Waals surface area contributed by atoms with E-state index in [9.17, 15) is 13.2 Å². The number of aromatic carboxylic acids is 1. The first kappa shape index (κ1) is 19.3. The lowest BCUT2D eigenvalue weighted by molar-refractivity contribution is 0.0665. The van der Waals surface area contributed by atoms with E-state index in [4.69, 9.17) is 14.3 Å². The molecule has 0 aliphatic carbocycles. The molecule has 2 aromatic carbocycles. The van der Waals surface area contributed by atoms with E-state index in [-0.39, 0.29) is 10.7 Å². The van der Waals surface area contributed by atoms with Gasteiger partial charge in [0.15, 0.2) is 0 Å². The molecule has 0 amide bonds. The highest BCUT2D eigenvalue weighted by Crippen LogP contribution is 2.27. The molecule has 152 valence electrons. The molecule has 1 N–H and O–H groups in total. The highest BCUT2D eigenvalue weighted by atomic mass is 32.2. The van der Waals surface area contributed by atoms with Gasteiger partial charge in [-0.15, -0.1) is 0 Å². The largest absolute Gasteiger partial charge is 0.497 e. The van der Waals surface area contributed by atoms with Crippen molar-refractivity contribution in [3.63, 3.8) is 0 Å². The Morgan fingerprint density at radius 3 is 2.34 bits per heavy atom. The molecule has 0 bridgehead atoms. The zero-order chi connectivity index (χ0) is 20.6. The van der Waals surface area contributed by atoms with Crippen LogP contribution in [0.2, 0.25) is 0 Å². The number of benzene rings is 2. The van der Waals surface area contributed by atoms with Crippen molar-refractivity contribution in [3.8, 4) is 5.75 Å². The summed E-state index contributed by atoms with van der Waals surface area (Å²) in [6, 6.07) is 13.3. The first-order chi connectivity index (χ1) is 13.9. The standard InChI is InChI=1S/C20H20N2O6S/c1-27-16-3-5-17(6-4-16)29(25,26)22-10-8-21(9-11-22)15-2-7-18-14(12-15)13-19(28-18)20(23)24/h2-7,12-13H,8-11H2,1H3,(H,23,24). The SMILES string of the molecule is COc1ccc(S(=O)(=O)N2CCN(c3ccc4oc(C(=O)O)cc4c3)CC2)cc1. The van der Waals surface area contributed by atoms with Crippen LogP contribution in [0.4, 0.5) is 5.69 Å². The van der Waals surface area contributed by atoms with Crippen molar-refractivity contribution < 1.29 is 27.5 Å². The summed E-state index contributed by atoms with van der Waals surface area (Å²) in [5.74, 6) is -0.609. The van der Waals surface area contributed by atoms with Gasteiger partial charge >= 0.3 is 5.97 Å². The molecular formula is C20H20N2O6S. The van der Waals surface area contributed by atoms with Gasteiger partial charge in [0, 0.05) is 37.3 Å². The summed E-state index contributed by atoms with van der Waals surface area (Å²) < 4.78 is 37.6. The molecule has 1 aromatic heterocycles. The van der Waals surface area contributed by atoms with Crippen LogP contribution >= 0.6 is 0 Å². The fraction of sp³-hybridized carbons (Fsp3) is 0.250. The molecule has 1 aliphatic heterocycles. The average molecular weight is 416 g/mol. The molecule has 8 nitrogen and oxygen atoms in total. The molecule has 4 rings (SSSR count). The Labute approximate surface area is 167 Å². The molecule has 0 saturated carbocycles. The molecule has 3 aromatic rings. The minimum atomic E-state index is -3.56. The van der Waals surface area contributed by atoms with E-state index in [0.29, 0.717) is 42.9 Å². The van der Waals surface area contributed by atoms with Gasteiger partial charge in [-0.1, -0.05) is 0 Å². The summed E-state index contributed by atoms with van der Waals surface area (Å²) in [6.45, 7) is 1.78. The van der Waals surface area contributed by atoms with Crippen molar-refractivity contribution in [3.05, 3.63) is 54.3 Å². The third kappa shape index (κ3) is 3.66. The van der Waals surface area contributed by atoms with E-state index in [1.165, 1.54) is 17.5 Å². The van der Waals surface area contributed by atoms with Gasteiger partial charge in [0.2, 0.25) is 15.8 Å². The van der Waals surface area contributed by atoms with Crippen molar-refractivity contribution in [2.45, 2.75) is 4.90 Å². The summed E-state index contributed by atoms with van der Waals surface area (Å²) in [5.41, 5.74) is 1.41. The molecule has 9 heteroatoms. The van der Waals surface area contributed by atoms with Crippen molar-refractivity contribution in [1.29, 1.82) is 0 Å². The van der Waals surface area contributed by atoms with Crippen molar-refractivity contribution in [1.82, 2.24) is 4.31 Å². The van der Waals surface area contributed by atoms with Crippen molar-refractivity contribution >= 4 is 32.6 Å². The number of hydrogen-bond donors (Lipinski definition) is 1. The zero-order valence-electron chi connectivity index (χ0n) is 15.7. The number of fused-ring (bicyclic) bond motifs is 1. The molecule has 1 aliphatic rings. The molecule has 0 spiro atoms. The summed E-state index contributed by atoms with van der Waals surface area (Å²) in [7, 11) is -2.03. The minimum Gasteiger partial charge on any atom is -0.497 e. The predicted octanol–water partition coefficient (Wildman–Crippen LogP) is 2.65. The third-order valence-corrected chi connectivity index (χ3v) is 6.92. The number of carboxylic acids is 1. The summed E-state index contributed by atoms with van der Waals surface area (Å²) in [6.07, 6.45) is 0. The van der Waals surface area contributed by atoms with Gasteiger partial charge < -0.3 is 19.2 Å². The van der Waals surface area contributed by atoms with Gasteiger partial charge in [-0.2, -0.15) is 4.31 Å². The first-order valence-electron chi connectivity index (χ1n) is 9.04. The number of carbonyl (C=O) groups is 1. The van der Waals surface area contributed by atoms with E-state index in [2.05, 4.69) is 4.90 Å².